The summed E-state index contributed by atoms with van der Waals surface area (Å²) in [6, 6.07) is 12.7. The Morgan fingerprint density at radius 2 is 1.58 bits per heavy atom. The molecule has 1 N–H and O–H groups in total. The highest BCUT2D eigenvalue weighted by molar-refractivity contribution is 14.1. The van der Waals surface area contributed by atoms with Gasteiger partial charge in [-0.25, -0.2) is 21.1 Å². The summed E-state index contributed by atoms with van der Waals surface area (Å²) in [6.07, 6.45) is 1.04. The molecule has 2 aromatic rings. The van der Waals surface area contributed by atoms with Crippen LogP contribution in [0.5, 0.6) is 5.75 Å². The molecule has 0 aromatic heterocycles. The maximum absolute atomic E-state index is 12.2. The largest absolute Gasteiger partial charge is 0.492 e. The number of nitrogens with zero attached hydrogens (tertiary/aromatic N) is 2. The van der Waals surface area contributed by atoms with Gasteiger partial charge in [-0.3, -0.25) is 9.10 Å². The van der Waals surface area contributed by atoms with Crippen molar-refractivity contribution in [3.63, 3.8) is 0 Å². The number of carbonyl (C=O) groups is 1. The van der Waals surface area contributed by atoms with Gasteiger partial charge in [-0.2, -0.15) is 0 Å². The molecule has 0 aliphatic carbocycles. The lowest BCUT2D eigenvalue weighted by atomic mass is 10.3. The van der Waals surface area contributed by atoms with Crippen molar-refractivity contribution in [2.45, 2.75) is 4.90 Å². The van der Waals surface area contributed by atoms with Crippen LogP contribution in [0.25, 0.3) is 0 Å². The van der Waals surface area contributed by atoms with Crippen molar-refractivity contribution in [3.8, 4) is 5.75 Å². The van der Waals surface area contributed by atoms with Gasteiger partial charge < -0.3 is 10.1 Å². The van der Waals surface area contributed by atoms with E-state index in [-0.39, 0.29) is 24.6 Å². The van der Waals surface area contributed by atoms with Crippen LogP contribution in [-0.2, 0) is 24.8 Å². The van der Waals surface area contributed by atoms with Gasteiger partial charge in [0, 0.05) is 17.7 Å². The highest BCUT2D eigenvalue weighted by Gasteiger charge is 2.20. The minimum Gasteiger partial charge on any atom is -0.492 e. The molecule has 31 heavy (non-hydrogen) atoms. The maximum Gasteiger partial charge on any atom is 0.242 e. The lowest BCUT2D eigenvalue weighted by Crippen LogP contribution is -2.41. The number of halogens is 1. The molecule has 2 rings (SSSR count). The van der Waals surface area contributed by atoms with Crippen molar-refractivity contribution in [2.24, 2.45) is 0 Å². The summed E-state index contributed by atoms with van der Waals surface area (Å²) in [7, 11) is -4.25. The van der Waals surface area contributed by atoms with Crippen LogP contribution in [0, 0.1) is 3.57 Å². The van der Waals surface area contributed by atoms with E-state index >= 15 is 0 Å². The lowest BCUT2D eigenvalue weighted by molar-refractivity contribution is -0.119. The quantitative estimate of drug-likeness (QED) is 0.336. The third-order valence-electron chi connectivity index (χ3n) is 4.10. The fourth-order valence-electron chi connectivity index (χ4n) is 2.47. The van der Waals surface area contributed by atoms with Crippen LogP contribution < -0.4 is 14.4 Å². The number of ether oxygens (including phenoxy) is 1. The normalized spacial score (nSPS) is 11.9. The molecule has 1 amide bonds. The van der Waals surface area contributed by atoms with Gasteiger partial charge in [0.2, 0.25) is 26.0 Å². The van der Waals surface area contributed by atoms with Gasteiger partial charge in [-0.05, 0) is 71.1 Å². The molecule has 9 nitrogen and oxygen atoms in total. The van der Waals surface area contributed by atoms with E-state index in [0.717, 1.165) is 18.4 Å². The average Bonchev–Trinajstić information content (AvgIpc) is 2.69. The molecule has 0 aliphatic heterocycles. The van der Waals surface area contributed by atoms with Crippen LogP contribution >= 0.6 is 22.6 Å². The minimum atomic E-state index is -3.64. The van der Waals surface area contributed by atoms with Crippen LogP contribution in [0.4, 0.5) is 5.69 Å². The Kier molecular flexibility index (Phi) is 8.68. The zero-order chi connectivity index (χ0) is 23.2. The van der Waals surface area contributed by atoms with Crippen LogP contribution in [0.1, 0.15) is 0 Å². The molecule has 0 heterocycles. The average molecular weight is 581 g/mol. The van der Waals surface area contributed by atoms with Gasteiger partial charge in [0.1, 0.15) is 18.9 Å². The summed E-state index contributed by atoms with van der Waals surface area (Å²) >= 11 is 2.11. The molecule has 0 spiro atoms. The van der Waals surface area contributed by atoms with Crippen molar-refractivity contribution >= 4 is 54.2 Å². The first-order valence-corrected chi connectivity index (χ1v) is 13.4. The lowest BCUT2D eigenvalue weighted by Gasteiger charge is -2.22. The summed E-state index contributed by atoms with van der Waals surface area (Å²) in [5.41, 5.74) is 0.405. The van der Waals surface area contributed by atoms with Crippen LogP contribution in [-0.4, -0.2) is 67.1 Å². The predicted molar refractivity (Wildman–Crippen MR) is 127 cm³/mol. The monoisotopic (exact) mass is 581 g/mol. The van der Waals surface area contributed by atoms with Crippen molar-refractivity contribution < 1.29 is 26.4 Å². The van der Waals surface area contributed by atoms with E-state index in [1.165, 1.54) is 38.4 Å². The number of amides is 1. The summed E-state index contributed by atoms with van der Waals surface area (Å²) in [5.74, 6) is -0.0244. The first-order valence-electron chi connectivity index (χ1n) is 9.06. The third-order valence-corrected chi connectivity index (χ3v) is 7.79. The Balaban J connectivity index is 1.88. The predicted octanol–water partition coefficient (Wildman–Crippen LogP) is 1.50. The Morgan fingerprint density at radius 3 is 2.10 bits per heavy atom. The van der Waals surface area contributed by atoms with Gasteiger partial charge in [-0.1, -0.05) is 0 Å². The van der Waals surface area contributed by atoms with Gasteiger partial charge in [0.25, 0.3) is 0 Å². The van der Waals surface area contributed by atoms with E-state index in [1.54, 1.807) is 24.3 Å². The highest BCUT2D eigenvalue weighted by atomic mass is 127. The number of nitrogens with one attached hydrogen (secondary N) is 1. The zero-order valence-electron chi connectivity index (χ0n) is 17.3. The van der Waals surface area contributed by atoms with Gasteiger partial charge in [0.05, 0.1) is 23.4 Å². The Bertz CT molecular complexity index is 1100. The number of rotatable bonds is 10. The molecule has 0 atom stereocenters. The molecular weight excluding hydrogens is 557 g/mol. The second kappa shape index (κ2) is 10.6. The summed E-state index contributed by atoms with van der Waals surface area (Å²) < 4.78 is 56.9. The van der Waals surface area contributed by atoms with E-state index in [4.69, 9.17) is 4.74 Å². The summed E-state index contributed by atoms with van der Waals surface area (Å²) in [5, 5.41) is 2.61. The van der Waals surface area contributed by atoms with Gasteiger partial charge in [0.15, 0.2) is 0 Å². The van der Waals surface area contributed by atoms with Crippen molar-refractivity contribution in [1.29, 1.82) is 0 Å². The molecule has 2 aromatic carbocycles. The van der Waals surface area contributed by atoms with E-state index < -0.39 is 26.0 Å². The van der Waals surface area contributed by atoms with Crippen molar-refractivity contribution in [2.75, 3.05) is 44.4 Å². The number of hydrogen-bond donors (Lipinski definition) is 1. The fraction of sp³-hybridized carbons (Fsp3) is 0.316. The SMILES string of the molecule is CN(C)S(=O)(=O)c1ccc(OCCNC(=O)CN(c2ccc(I)cc2)S(C)(=O)=O)cc1. The highest BCUT2D eigenvalue weighted by Crippen LogP contribution is 2.19. The van der Waals surface area contributed by atoms with Gasteiger partial charge >= 0.3 is 0 Å². The Morgan fingerprint density at radius 1 is 1.00 bits per heavy atom. The number of anilines is 1. The molecule has 0 aliphatic rings. The van der Waals surface area contributed by atoms with Crippen LogP contribution in [0.3, 0.4) is 0 Å². The van der Waals surface area contributed by atoms with Crippen LogP contribution in [0.15, 0.2) is 53.4 Å². The number of sulfonamides is 2. The fourth-order valence-corrected chi connectivity index (χ4v) is 4.59. The van der Waals surface area contributed by atoms with E-state index in [0.29, 0.717) is 11.4 Å². The summed E-state index contributed by atoms with van der Waals surface area (Å²) in [4.78, 5) is 12.4. The Hall–Kier alpha value is -1.90. The molecule has 0 fully saturated rings. The first-order chi connectivity index (χ1) is 14.4. The second-order valence-corrected chi connectivity index (χ2v) is 12.0. The second-order valence-electron chi connectivity index (χ2n) is 6.70. The number of carbonyl (C=O) groups excluding carboxylic acids is 1. The molecule has 0 saturated heterocycles. The van der Waals surface area contributed by atoms with Crippen molar-refractivity contribution in [3.05, 3.63) is 52.1 Å². The molecule has 170 valence electrons. The molecular formula is C19H24IN3O6S2. The topological polar surface area (TPSA) is 113 Å². The minimum absolute atomic E-state index is 0.133. The maximum atomic E-state index is 12.2. The molecule has 12 heteroatoms. The molecule has 0 saturated carbocycles. The molecule has 0 radical (unpaired) electrons. The smallest absolute Gasteiger partial charge is 0.242 e. The number of benzene rings is 2. The van der Waals surface area contributed by atoms with Crippen LogP contribution in [0.2, 0.25) is 0 Å². The van der Waals surface area contributed by atoms with E-state index in [9.17, 15) is 21.6 Å². The first kappa shape index (κ1) is 25.4. The molecule has 0 unspecified atom stereocenters. The van der Waals surface area contributed by atoms with Gasteiger partial charge in [-0.15, -0.1) is 0 Å². The number of hydrogen-bond acceptors (Lipinski definition) is 6. The van der Waals surface area contributed by atoms with Crippen molar-refractivity contribution in [1.82, 2.24) is 9.62 Å². The standard InChI is InChI=1S/C19H24IN3O6S2/c1-22(2)31(27,28)18-10-8-17(9-11-18)29-13-12-21-19(24)14-23(30(3,25)26)16-6-4-15(20)5-7-16/h4-11H,12-14H2,1-3H3,(H,21,24). The zero-order valence-corrected chi connectivity index (χ0v) is 21.1. The third kappa shape index (κ3) is 7.33. The Labute approximate surface area is 196 Å². The molecule has 0 bridgehead atoms. The summed E-state index contributed by atoms with van der Waals surface area (Å²) in [6.45, 7) is -0.0642. The van der Waals surface area contributed by atoms with E-state index in [1.807, 2.05) is 0 Å². The van der Waals surface area contributed by atoms with E-state index in [2.05, 4.69) is 27.9 Å².